The summed E-state index contributed by atoms with van der Waals surface area (Å²) in [5.74, 6) is 0.0988. The maximum Gasteiger partial charge on any atom is 0.249 e. The second-order valence-corrected chi connectivity index (χ2v) is 7.71. The third-order valence-corrected chi connectivity index (χ3v) is 5.27. The predicted molar refractivity (Wildman–Crippen MR) is 146 cm³/mol. The van der Waals surface area contributed by atoms with Gasteiger partial charge >= 0.3 is 0 Å². The fourth-order valence-electron chi connectivity index (χ4n) is 3.41. The number of aliphatic imine (C=N–C) groups is 1. The number of benzene rings is 3. The Morgan fingerprint density at radius 3 is 2.17 bits per heavy atom. The topological polar surface area (TPSA) is 93.5 Å². The number of hydrogen-bond acceptors (Lipinski definition) is 3. The highest BCUT2D eigenvalue weighted by atomic mass is 19.1. The molecule has 0 aliphatic heterocycles. The molecule has 0 atom stereocenters. The Morgan fingerprint density at radius 2 is 1.60 bits per heavy atom. The highest BCUT2D eigenvalue weighted by Crippen LogP contribution is 2.13. The number of primary amides is 1. The predicted octanol–water partition coefficient (Wildman–Crippen LogP) is 6.04. The van der Waals surface area contributed by atoms with Crippen LogP contribution in [0, 0.1) is 12.7 Å². The summed E-state index contributed by atoms with van der Waals surface area (Å²) >= 11 is 0. The van der Waals surface area contributed by atoms with Gasteiger partial charge in [0.15, 0.2) is 0 Å². The van der Waals surface area contributed by atoms with E-state index in [4.69, 9.17) is 11.5 Å². The zero-order valence-electron chi connectivity index (χ0n) is 21.6. The molecule has 0 saturated carbocycles. The third-order valence-electron chi connectivity index (χ3n) is 5.27. The molecule has 3 rings (SSSR count). The first-order valence-electron chi connectivity index (χ1n) is 12.1. The van der Waals surface area contributed by atoms with Crippen LogP contribution in [0.5, 0.6) is 0 Å². The van der Waals surface area contributed by atoms with Crippen LogP contribution in [0.3, 0.4) is 0 Å². The minimum absolute atomic E-state index is 0.132. The van der Waals surface area contributed by atoms with Gasteiger partial charge in [-0.2, -0.15) is 0 Å². The van der Waals surface area contributed by atoms with Crippen LogP contribution in [0.25, 0.3) is 0 Å². The Kier molecular flexibility index (Phi) is 13.5. The zero-order chi connectivity index (χ0) is 26.2. The van der Waals surface area contributed by atoms with Gasteiger partial charge in [-0.1, -0.05) is 63.6 Å². The molecule has 0 aliphatic carbocycles. The molecule has 35 heavy (non-hydrogen) atoms. The molecule has 3 aromatic carbocycles. The van der Waals surface area contributed by atoms with Gasteiger partial charge in [0.05, 0.1) is 0 Å². The highest BCUT2D eigenvalue weighted by molar-refractivity contribution is 6.03. The molecule has 0 saturated heterocycles. The van der Waals surface area contributed by atoms with Gasteiger partial charge in [0, 0.05) is 30.4 Å². The molecule has 0 radical (unpaired) electrons. The van der Waals surface area contributed by atoms with E-state index in [1.807, 2.05) is 63.2 Å². The van der Waals surface area contributed by atoms with Crippen molar-refractivity contribution in [3.63, 3.8) is 0 Å². The number of nitrogen functional groups attached to an aromatic ring is 1. The minimum Gasteiger partial charge on any atom is -0.398 e. The molecule has 0 bridgehead atoms. The molecule has 0 aromatic heterocycles. The SMILES string of the molecule is CC.CCCCc1ccc(F)cc1C.CN=C(NCc1ccccc1C(N)=O)c1ccccc1N. The van der Waals surface area contributed by atoms with E-state index < -0.39 is 5.91 Å². The van der Waals surface area contributed by atoms with Crippen LogP contribution in [0.1, 0.15) is 66.2 Å². The van der Waals surface area contributed by atoms with Crippen LogP contribution in [0.2, 0.25) is 0 Å². The molecule has 0 aliphatic rings. The van der Waals surface area contributed by atoms with E-state index in [2.05, 4.69) is 17.2 Å². The van der Waals surface area contributed by atoms with Gasteiger partial charge in [-0.25, -0.2) is 4.39 Å². The van der Waals surface area contributed by atoms with Crippen LogP contribution in [-0.2, 0) is 13.0 Å². The Balaban J connectivity index is 0.000000372. The van der Waals surface area contributed by atoms with Gasteiger partial charge in [-0.15, -0.1) is 0 Å². The number of amidine groups is 1. The van der Waals surface area contributed by atoms with Crippen molar-refractivity contribution >= 4 is 17.4 Å². The monoisotopic (exact) mass is 478 g/mol. The third kappa shape index (κ3) is 9.61. The summed E-state index contributed by atoms with van der Waals surface area (Å²) < 4.78 is 12.7. The second kappa shape index (κ2) is 16.0. The van der Waals surface area contributed by atoms with E-state index >= 15 is 0 Å². The Hall–Kier alpha value is -3.67. The molecule has 0 heterocycles. The van der Waals surface area contributed by atoms with Crippen molar-refractivity contribution in [2.75, 3.05) is 12.8 Å². The number of carbonyl (C=O) groups excluding carboxylic acids is 1. The minimum atomic E-state index is -0.443. The first kappa shape index (κ1) is 29.4. The van der Waals surface area contributed by atoms with Crippen molar-refractivity contribution in [3.05, 3.63) is 100 Å². The lowest BCUT2D eigenvalue weighted by Crippen LogP contribution is -2.26. The number of nitrogens with zero attached hydrogens (tertiary/aromatic N) is 1. The van der Waals surface area contributed by atoms with Crippen LogP contribution in [0.15, 0.2) is 71.7 Å². The Morgan fingerprint density at radius 1 is 0.971 bits per heavy atom. The van der Waals surface area contributed by atoms with Crippen molar-refractivity contribution < 1.29 is 9.18 Å². The van der Waals surface area contributed by atoms with Crippen molar-refractivity contribution in [1.29, 1.82) is 0 Å². The molecule has 0 spiro atoms. The molecule has 5 N–H and O–H groups in total. The summed E-state index contributed by atoms with van der Waals surface area (Å²) in [6.07, 6.45) is 3.45. The molecule has 0 unspecified atom stereocenters. The number of halogens is 1. The summed E-state index contributed by atoms with van der Waals surface area (Å²) in [6.45, 7) is 8.58. The lowest BCUT2D eigenvalue weighted by atomic mass is 10.0. The van der Waals surface area contributed by atoms with E-state index in [1.165, 1.54) is 24.5 Å². The van der Waals surface area contributed by atoms with Gasteiger partial charge in [0.25, 0.3) is 0 Å². The second-order valence-electron chi connectivity index (χ2n) is 7.71. The average Bonchev–Trinajstić information content (AvgIpc) is 2.86. The molecular weight excluding hydrogens is 439 g/mol. The zero-order valence-corrected chi connectivity index (χ0v) is 21.6. The van der Waals surface area contributed by atoms with Crippen LogP contribution < -0.4 is 16.8 Å². The molecule has 1 amide bonds. The Labute approximate surface area is 209 Å². The summed E-state index contributed by atoms with van der Waals surface area (Å²) in [5, 5.41) is 3.20. The molecule has 0 fully saturated rings. The number of rotatable bonds is 7. The van der Waals surface area contributed by atoms with E-state index in [0.29, 0.717) is 23.6 Å². The molecule has 188 valence electrons. The summed E-state index contributed by atoms with van der Waals surface area (Å²) in [5.41, 5.74) is 16.5. The van der Waals surface area contributed by atoms with Crippen molar-refractivity contribution in [2.45, 2.75) is 53.5 Å². The normalized spacial score (nSPS) is 10.4. The van der Waals surface area contributed by atoms with Gasteiger partial charge in [0.2, 0.25) is 5.91 Å². The van der Waals surface area contributed by atoms with Crippen molar-refractivity contribution in [1.82, 2.24) is 5.32 Å². The number of nitrogens with one attached hydrogen (secondary N) is 1. The van der Waals surface area contributed by atoms with Gasteiger partial charge in [-0.3, -0.25) is 9.79 Å². The quantitative estimate of drug-likeness (QED) is 0.220. The lowest BCUT2D eigenvalue weighted by Gasteiger charge is -2.13. The molecule has 5 nitrogen and oxygen atoms in total. The molecule has 6 heteroatoms. The number of para-hydroxylation sites is 1. The number of unbranched alkanes of at least 4 members (excludes halogenated alkanes) is 1. The summed E-state index contributed by atoms with van der Waals surface area (Å²) in [4.78, 5) is 15.6. The van der Waals surface area contributed by atoms with Crippen LogP contribution in [0.4, 0.5) is 10.1 Å². The van der Waals surface area contributed by atoms with E-state index in [1.54, 1.807) is 25.2 Å². The fraction of sp³-hybridized carbons (Fsp3) is 0.310. The summed E-state index contributed by atoms with van der Waals surface area (Å²) in [6, 6.07) is 19.7. The first-order valence-corrected chi connectivity index (χ1v) is 12.1. The van der Waals surface area contributed by atoms with Crippen LogP contribution >= 0.6 is 0 Å². The van der Waals surface area contributed by atoms with Gasteiger partial charge in [-0.05, 0) is 66.8 Å². The number of amides is 1. The number of aryl methyl sites for hydroxylation is 2. The van der Waals surface area contributed by atoms with Crippen molar-refractivity contribution in [2.24, 2.45) is 10.7 Å². The van der Waals surface area contributed by atoms with Crippen molar-refractivity contribution in [3.8, 4) is 0 Å². The van der Waals surface area contributed by atoms with E-state index in [-0.39, 0.29) is 5.82 Å². The maximum atomic E-state index is 12.7. The first-order chi connectivity index (χ1) is 16.9. The van der Waals surface area contributed by atoms with Crippen LogP contribution in [-0.4, -0.2) is 18.8 Å². The molecular formula is C29H39FN4O. The van der Waals surface area contributed by atoms with E-state index in [9.17, 15) is 9.18 Å². The number of hydrogen-bond donors (Lipinski definition) is 3. The Bertz CT molecular complexity index is 1100. The van der Waals surface area contributed by atoms with E-state index in [0.717, 1.165) is 23.1 Å². The highest BCUT2D eigenvalue weighted by Gasteiger charge is 2.10. The number of carbonyl (C=O) groups is 1. The van der Waals surface area contributed by atoms with Gasteiger partial charge < -0.3 is 16.8 Å². The standard InChI is InChI=1S/C16H18N4O.C11H15F.C2H6/c1-19-16(13-8-4-5-9-14(13)17)20-10-11-6-2-3-7-12(11)15(18)21;1-3-4-5-10-6-7-11(12)8-9(10)2;1-2/h2-9H,10,17H2,1H3,(H2,18,21)(H,19,20);6-8H,3-5H2,1-2H3;1-2H3. The maximum absolute atomic E-state index is 12.7. The largest absolute Gasteiger partial charge is 0.398 e. The number of nitrogens with two attached hydrogens (primary N) is 2. The summed E-state index contributed by atoms with van der Waals surface area (Å²) in [7, 11) is 1.69. The fourth-order valence-corrected chi connectivity index (χ4v) is 3.41. The van der Waals surface area contributed by atoms with Gasteiger partial charge in [0.1, 0.15) is 11.7 Å². The number of anilines is 1. The average molecular weight is 479 g/mol. The lowest BCUT2D eigenvalue weighted by molar-refractivity contribution is 0.0999. The smallest absolute Gasteiger partial charge is 0.249 e. The molecule has 3 aromatic rings.